The summed E-state index contributed by atoms with van der Waals surface area (Å²) in [5.74, 6) is 0. The Kier molecular flexibility index (Phi) is 2.79. The summed E-state index contributed by atoms with van der Waals surface area (Å²) in [5, 5.41) is 5.42. The molecule has 0 spiro atoms. The molecular weight excluding hydrogens is 244 g/mol. The van der Waals surface area contributed by atoms with Crippen LogP contribution in [0, 0.1) is 27.7 Å². The van der Waals surface area contributed by atoms with E-state index < -0.39 is 0 Å². The fraction of sp³-hybridized carbons (Fsp3) is 0.333. The number of pyridine rings is 2. The van der Waals surface area contributed by atoms with E-state index in [2.05, 4.69) is 75.2 Å². The Bertz CT molecular complexity index is 788. The molecule has 3 aromatic rings. The minimum absolute atomic E-state index is 1.30. The van der Waals surface area contributed by atoms with E-state index in [1.165, 1.54) is 44.3 Å². The maximum Gasteiger partial charge on any atom is 0.186 e. The van der Waals surface area contributed by atoms with Gasteiger partial charge in [0.25, 0.3) is 0 Å². The van der Waals surface area contributed by atoms with Crippen LogP contribution in [0.5, 0.6) is 0 Å². The van der Waals surface area contributed by atoms with E-state index >= 15 is 0 Å². The topological polar surface area (TPSA) is 7.76 Å². The molecule has 0 N–H and O–H groups in total. The monoisotopic (exact) mass is 266 g/mol. The first-order valence-corrected chi connectivity index (χ1v) is 7.10. The summed E-state index contributed by atoms with van der Waals surface area (Å²) >= 11 is 0. The lowest BCUT2D eigenvalue weighted by molar-refractivity contribution is -0.682. The van der Waals surface area contributed by atoms with Crippen molar-refractivity contribution in [3.63, 3.8) is 0 Å². The fourth-order valence-electron chi connectivity index (χ4n) is 3.08. The van der Waals surface area contributed by atoms with Crippen molar-refractivity contribution in [2.24, 2.45) is 14.1 Å². The van der Waals surface area contributed by atoms with Crippen LogP contribution in [0.1, 0.15) is 22.8 Å². The van der Waals surface area contributed by atoms with Crippen LogP contribution in [0.25, 0.3) is 21.5 Å². The molecular formula is C18H22N2+2. The van der Waals surface area contributed by atoms with Crippen molar-refractivity contribution in [3.05, 3.63) is 47.0 Å². The van der Waals surface area contributed by atoms with Crippen molar-refractivity contribution in [2.75, 3.05) is 0 Å². The molecule has 0 atom stereocenters. The number of fused-ring (bicyclic) bond motifs is 3. The number of aryl methyl sites for hydroxylation is 4. The molecule has 0 aliphatic rings. The average molecular weight is 266 g/mol. The van der Waals surface area contributed by atoms with Gasteiger partial charge in [-0.1, -0.05) is 0 Å². The molecule has 0 aliphatic carbocycles. The highest BCUT2D eigenvalue weighted by Crippen LogP contribution is 2.28. The summed E-state index contributed by atoms with van der Waals surface area (Å²) in [7, 11) is 4.27. The van der Waals surface area contributed by atoms with E-state index in [-0.39, 0.29) is 0 Å². The summed E-state index contributed by atoms with van der Waals surface area (Å²) in [5.41, 5.74) is 5.24. The van der Waals surface area contributed by atoms with Crippen LogP contribution in [0.4, 0.5) is 0 Å². The SMILES string of the molecule is Cc1cc2c(ccc3c(C)[n+](C)c(C)cc32)c(C)[n+]1C. The average Bonchev–Trinajstić information content (AvgIpc) is 2.42. The highest BCUT2D eigenvalue weighted by molar-refractivity contribution is 6.08. The van der Waals surface area contributed by atoms with E-state index in [1.54, 1.807) is 0 Å². The molecule has 2 aromatic heterocycles. The van der Waals surface area contributed by atoms with Crippen molar-refractivity contribution in [3.8, 4) is 0 Å². The minimum Gasteiger partial charge on any atom is -0.202 e. The van der Waals surface area contributed by atoms with Crippen LogP contribution < -0.4 is 9.13 Å². The molecule has 1 aromatic carbocycles. The number of nitrogens with zero attached hydrogens (tertiary/aromatic N) is 2. The minimum atomic E-state index is 1.30. The molecule has 0 unspecified atom stereocenters. The number of rotatable bonds is 0. The first-order chi connectivity index (χ1) is 9.41. The quantitative estimate of drug-likeness (QED) is 0.437. The van der Waals surface area contributed by atoms with Crippen LogP contribution in [-0.4, -0.2) is 0 Å². The van der Waals surface area contributed by atoms with Crippen LogP contribution in [0.2, 0.25) is 0 Å². The zero-order valence-electron chi connectivity index (χ0n) is 13.2. The first kappa shape index (κ1) is 13.0. The summed E-state index contributed by atoms with van der Waals surface area (Å²) < 4.78 is 4.52. The van der Waals surface area contributed by atoms with Gasteiger partial charge in [-0.25, -0.2) is 9.13 Å². The van der Waals surface area contributed by atoms with Gasteiger partial charge in [-0.15, -0.1) is 0 Å². The van der Waals surface area contributed by atoms with Crippen molar-refractivity contribution in [1.82, 2.24) is 0 Å². The van der Waals surface area contributed by atoms with Gasteiger partial charge in [0.05, 0.1) is 0 Å². The lowest BCUT2D eigenvalue weighted by Gasteiger charge is -2.09. The zero-order chi connectivity index (χ0) is 14.6. The van der Waals surface area contributed by atoms with Crippen LogP contribution in [0.3, 0.4) is 0 Å². The summed E-state index contributed by atoms with van der Waals surface area (Å²) in [6, 6.07) is 9.14. The second kappa shape index (κ2) is 4.27. The van der Waals surface area contributed by atoms with Gasteiger partial charge in [0.15, 0.2) is 22.8 Å². The largest absolute Gasteiger partial charge is 0.202 e. The zero-order valence-corrected chi connectivity index (χ0v) is 13.2. The lowest BCUT2D eigenvalue weighted by Crippen LogP contribution is -2.36. The van der Waals surface area contributed by atoms with Crippen LogP contribution in [0.15, 0.2) is 24.3 Å². The molecule has 3 rings (SSSR count). The Hall–Kier alpha value is -1.96. The van der Waals surface area contributed by atoms with Crippen molar-refractivity contribution in [2.45, 2.75) is 27.7 Å². The Morgan fingerprint density at radius 3 is 1.30 bits per heavy atom. The number of benzene rings is 1. The van der Waals surface area contributed by atoms with E-state index in [0.29, 0.717) is 0 Å². The molecule has 0 radical (unpaired) electrons. The molecule has 0 saturated carbocycles. The Labute approximate surface area is 120 Å². The van der Waals surface area contributed by atoms with Crippen molar-refractivity contribution < 1.29 is 9.13 Å². The molecule has 20 heavy (non-hydrogen) atoms. The lowest BCUT2D eigenvalue weighted by atomic mass is 9.99. The first-order valence-electron chi connectivity index (χ1n) is 7.10. The third-order valence-electron chi connectivity index (χ3n) is 4.84. The van der Waals surface area contributed by atoms with Crippen molar-refractivity contribution >= 4 is 21.5 Å². The molecule has 2 heteroatoms. The van der Waals surface area contributed by atoms with Crippen LogP contribution >= 0.6 is 0 Å². The van der Waals surface area contributed by atoms with Gasteiger partial charge in [-0.05, 0) is 12.1 Å². The van der Waals surface area contributed by atoms with Crippen molar-refractivity contribution in [1.29, 1.82) is 0 Å². The summed E-state index contributed by atoms with van der Waals surface area (Å²) in [4.78, 5) is 0. The predicted octanol–water partition coefficient (Wildman–Crippen LogP) is 2.88. The molecule has 102 valence electrons. The Morgan fingerprint density at radius 2 is 0.950 bits per heavy atom. The van der Waals surface area contributed by atoms with Gasteiger partial charge in [0.2, 0.25) is 0 Å². The van der Waals surface area contributed by atoms with Gasteiger partial charge in [0, 0.05) is 61.4 Å². The molecule has 0 bridgehead atoms. The highest BCUT2D eigenvalue weighted by Gasteiger charge is 2.17. The van der Waals surface area contributed by atoms with Gasteiger partial charge in [-0.3, -0.25) is 0 Å². The standard InChI is InChI=1S/C18H22N2/c1-11-9-17-15(13(3)19(11)5)7-8-16-14(4)20(6)12(2)10-18(16)17/h7-10H,1-6H3/q+2. The van der Waals surface area contributed by atoms with Gasteiger partial charge in [0.1, 0.15) is 14.1 Å². The Balaban J connectivity index is 2.60. The molecule has 0 fully saturated rings. The second-order valence-electron chi connectivity index (χ2n) is 5.85. The third-order valence-corrected chi connectivity index (χ3v) is 4.84. The Morgan fingerprint density at radius 1 is 0.600 bits per heavy atom. The number of hydrogen-bond donors (Lipinski definition) is 0. The van der Waals surface area contributed by atoms with Gasteiger partial charge >= 0.3 is 0 Å². The number of aromatic nitrogens is 2. The molecule has 2 nitrogen and oxygen atoms in total. The smallest absolute Gasteiger partial charge is 0.186 e. The third kappa shape index (κ3) is 1.64. The molecule has 0 amide bonds. The predicted molar refractivity (Wildman–Crippen MR) is 82.8 cm³/mol. The van der Waals surface area contributed by atoms with Crippen LogP contribution in [-0.2, 0) is 14.1 Å². The fourth-order valence-corrected chi connectivity index (χ4v) is 3.08. The van der Waals surface area contributed by atoms with E-state index in [9.17, 15) is 0 Å². The summed E-state index contributed by atoms with van der Waals surface area (Å²) in [6.45, 7) is 8.75. The second-order valence-corrected chi connectivity index (χ2v) is 5.85. The molecule has 2 heterocycles. The van der Waals surface area contributed by atoms with E-state index in [0.717, 1.165) is 0 Å². The molecule has 0 saturated heterocycles. The number of hydrogen-bond acceptors (Lipinski definition) is 0. The maximum atomic E-state index is 2.31. The highest BCUT2D eigenvalue weighted by atomic mass is 14.9. The van der Waals surface area contributed by atoms with Gasteiger partial charge in [-0.2, -0.15) is 0 Å². The van der Waals surface area contributed by atoms with Gasteiger partial charge < -0.3 is 0 Å². The maximum absolute atomic E-state index is 2.31. The summed E-state index contributed by atoms with van der Waals surface area (Å²) in [6.07, 6.45) is 0. The normalized spacial score (nSPS) is 11.5. The van der Waals surface area contributed by atoms with E-state index in [1.807, 2.05) is 0 Å². The molecule has 0 aliphatic heterocycles. The van der Waals surface area contributed by atoms with E-state index in [4.69, 9.17) is 0 Å².